The van der Waals surface area contributed by atoms with E-state index in [0.29, 0.717) is 5.92 Å². The average molecular weight is 317 g/mol. The minimum atomic E-state index is -1.16. The Hall–Kier alpha value is -0.653. The maximum atomic E-state index is 2.55. The number of benzene rings is 1. The van der Waals surface area contributed by atoms with Gasteiger partial charge >= 0.3 is 0 Å². The number of aryl methyl sites for hydroxylation is 3. The van der Waals surface area contributed by atoms with Gasteiger partial charge in [-0.25, -0.2) is 0 Å². The van der Waals surface area contributed by atoms with Crippen molar-refractivity contribution < 1.29 is 0 Å². The molecule has 21 heavy (non-hydrogen) atoms. The Morgan fingerprint density at radius 1 is 0.952 bits per heavy atom. The normalized spacial score (nSPS) is 16.7. The summed E-state index contributed by atoms with van der Waals surface area (Å²) in [5.74, 6) is 0.678. The van der Waals surface area contributed by atoms with Crippen molar-refractivity contribution in [3.8, 4) is 0 Å². The molecule has 1 aliphatic rings. The molecule has 0 saturated heterocycles. The van der Waals surface area contributed by atoms with Crippen molar-refractivity contribution in [3.63, 3.8) is 0 Å². The van der Waals surface area contributed by atoms with Crippen molar-refractivity contribution in [1.82, 2.24) is 0 Å². The highest BCUT2D eigenvalue weighted by Crippen LogP contribution is 2.48. The first-order valence-electron chi connectivity index (χ1n) is 7.99. The van der Waals surface area contributed by atoms with Gasteiger partial charge in [0.25, 0.3) is 0 Å². The van der Waals surface area contributed by atoms with Gasteiger partial charge in [0, 0.05) is 0 Å². The minimum Gasteiger partial charge on any atom is -0.0876 e. The largest absolute Gasteiger partial charge is 0.0876 e. The van der Waals surface area contributed by atoms with Crippen LogP contribution in [-0.4, -0.2) is 13.9 Å². The van der Waals surface area contributed by atoms with E-state index >= 15 is 0 Å². The lowest BCUT2D eigenvalue weighted by atomic mass is 10.1. The Morgan fingerprint density at radius 2 is 1.48 bits per heavy atom. The van der Waals surface area contributed by atoms with Crippen molar-refractivity contribution in [2.75, 3.05) is 6.16 Å². The Morgan fingerprint density at radius 3 is 1.95 bits per heavy atom. The van der Waals surface area contributed by atoms with Gasteiger partial charge in [0.1, 0.15) is 0 Å². The second-order valence-electron chi connectivity index (χ2n) is 7.29. The zero-order chi connectivity index (χ0) is 15.6. The molecule has 1 aliphatic carbocycles. The molecule has 114 valence electrons. The summed E-state index contributed by atoms with van der Waals surface area (Å²) in [6.45, 7) is 14.5. The highest BCUT2D eigenvalue weighted by Gasteiger charge is 2.30. The van der Waals surface area contributed by atoms with E-state index in [1.807, 2.05) is 0 Å². The highest BCUT2D eigenvalue weighted by atomic mass is 31.4. The molecule has 0 bridgehead atoms. The van der Waals surface area contributed by atoms with Crippen molar-refractivity contribution in [2.24, 2.45) is 5.92 Å². The molecular weight excluding hydrogens is 287 g/mol. The van der Waals surface area contributed by atoms with Crippen molar-refractivity contribution in [2.45, 2.75) is 46.8 Å². The van der Waals surface area contributed by atoms with Gasteiger partial charge in [-0.3, -0.25) is 0 Å². The minimum absolute atomic E-state index is 0.00407. The summed E-state index contributed by atoms with van der Waals surface area (Å²) in [5.41, 5.74) is 4.46. The van der Waals surface area contributed by atoms with Crippen molar-refractivity contribution >= 4 is 20.5 Å². The summed E-state index contributed by atoms with van der Waals surface area (Å²) < 4.78 is 0. The van der Waals surface area contributed by atoms with Crippen LogP contribution in [0, 0.1) is 26.7 Å². The average Bonchev–Trinajstić information content (AvgIpc) is 2.83. The molecule has 0 aliphatic heterocycles. The van der Waals surface area contributed by atoms with Crippen molar-refractivity contribution in [1.29, 1.82) is 0 Å². The molecule has 0 heterocycles. The van der Waals surface area contributed by atoms with E-state index in [1.54, 1.807) is 5.30 Å². The molecule has 1 aromatic carbocycles. The molecule has 0 aromatic heterocycles. The Bertz CT molecular complexity index is 528. The summed E-state index contributed by atoms with van der Waals surface area (Å²) in [6.07, 6.45) is 11.8. The summed E-state index contributed by atoms with van der Waals surface area (Å²) in [4.78, 5) is 0. The van der Waals surface area contributed by atoms with E-state index in [9.17, 15) is 0 Å². The fourth-order valence-electron chi connectivity index (χ4n) is 3.33. The molecule has 0 fully saturated rings. The molecule has 0 N–H and O–H groups in total. The van der Waals surface area contributed by atoms with Crippen LogP contribution in [-0.2, 0) is 0 Å². The van der Waals surface area contributed by atoms with Crippen LogP contribution >= 0.6 is 7.47 Å². The summed E-state index contributed by atoms with van der Waals surface area (Å²) in [6, 6.07) is 4.76. The predicted octanol–water partition coefficient (Wildman–Crippen LogP) is 5.69. The van der Waals surface area contributed by atoms with E-state index in [4.69, 9.17) is 0 Å². The molecule has 1 unspecified atom stereocenters. The molecule has 0 spiro atoms. The van der Waals surface area contributed by atoms with E-state index in [0.717, 1.165) is 0 Å². The maximum absolute atomic E-state index is 2.55. The first-order valence-corrected chi connectivity index (χ1v) is 13.9. The van der Waals surface area contributed by atoms with Crippen molar-refractivity contribution in [3.05, 3.63) is 53.1 Å². The molecule has 2 rings (SSSR count). The van der Waals surface area contributed by atoms with Gasteiger partial charge in [0.15, 0.2) is 0 Å². The maximum Gasteiger partial charge on any atom is 0.0773 e. The van der Waals surface area contributed by atoms with E-state index in [-0.39, 0.29) is 7.47 Å². The lowest BCUT2D eigenvalue weighted by molar-refractivity contribution is 0.792. The van der Waals surface area contributed by atoms with Crippen LogP contribution in [0.3, 0.4) is 0 Å². The van der Waals surface area contributed by atoms with E-state index < -0.39 is 7.74 Å². The quantitative estimate of drug-likeness (QED) is 0.484. The second kappa shape index (κ2) is 6.63. The van der Waals surface area contributed by atoms with E-state index in [1.165, 1.54) is 29.3 Å². The zero-order valence-corrected chi connectivity index (χ0v) is 16.3. The van der Waals surface area contributed by atoms with Gasteiger partial charge < -0.3 is 0 Å². The fourth-order valence-corrected chi connectivity index (χ4v) is 11.9. The Labute approximate surface area is 133 Å². The van der Waals surface area contributed by atoms with Gasteiger partial charge in [-0.15, -0.1) is 0 Å². The van der Waals surface area contributed by atoms with E-state index in [2.05, 4.69) is 76.8 Å². The highest BCUT2D eigenvalue weighted by molar-refractivity contribution is 7.99. The predicted molar refractivity (Wildman–Crippen MR) is 102 cm³/mol. The third-order valence-corrected chi connectivity index (χ3v) is 14.0. The first kappa shape index (κ1) is 16.7. The number of allylic oxidation sites excluding steroid dienone is 4. The Balaban J connectivity index is 2.28. The lowest BCUT2D eigenvalue weighted by Gasteiger charge is -2.33. The molecular formula is C19H29PSi. The number of hydrogen-bond donors (Lipinski definition) is 0. The van der Waals surface area contributed by atoms with Gasteiger partial charge in [-0.2, -0.15) is 0 Å². The molecule has 0 radical (unpaired) electrons. The third-order valence-electron chi connectivity index (χ3n) is 4.23. The lowest BCUT2D eigenvalue weighted by Crippen LogP contribution is -2.29. The monoisotopic (exact) mass is 316 g/mol. The third kappa shape index (κ3) is 4.17. The van der Waals surface area contributed by atoms with Crippen LogP contribution < -0.4 is 5.30 Å². The fraction of sp³-hybridized carbons (Fsp3) is 0.474. The molecule has 2 heteroatoms. The second-order valence-corrected chi connectivity index (χ2v) is 19.0. The zero-order valence-electron chi connectivity index (χ0n) is 14.4. The standard InChI is InChI=1S/C19H29PSi/c1-15-13-16(2)19(17(3)14-15)20(21(4,5)6)12-11-18-9-7-8-10-18/h7-10,13-14,18H,11-12H2,1-6H3. The SMILES string of the molecule is Cc1cc(C)c(P(CCC2C=CC=C2)[Si](C)(C)C)c(C)c1. The van der Waals surface area contributed by atoms with Gasteiger partial charge in [0.05, 0.1) is 7.74 Å². The van der Waals surface area contributed by atoms with Crippen LogP contribution in [0.2, 0.25) is 19.6 Å². The van der Waals surface area contributed by atoms with Crippen LogP contribution in [0.4, 0.5) is 0 Å². The molecule has 0 amide bonds. The van der Waals surface area contributed by atoms with Crippen LogP contribution in [0.25, 0.3) is 0 Å². The number of rotatable bonds is 5. The summed E-state index contributed by atoms with van der Waals surface area (Å²) in [5, 5.41) is 1.71. The molecule has 0 saturated carbocycles. The summed E-state index contributed by atoms with van der Waals surface area (Å²) in [7, 11) is -1.16. The number of hydrogen-bond acceptors (Lipinski definition) is 0. The van der Waals surface area contributed by atoms with Gasteiger partial charge in [0.2, 0.25) is 0 Å². The molecule has 1 aromatic rings. The smallest absolute Gasteiger partial charge is 0.0773 e. The Kier molecular flexibility index (Phi) is 5.27. The van der Waals surface area contributed by atoms with Crippen LogP contribution in [0.1, 0.15) is 23.1 Å². The molecule has 1 atom stereocenters. The van der Waals surface area contributed by atoms with Gasteiger partial charge in [-0.1, -0.05) is 69.1 Å². The first-order chi connectivity index (χ1) is 9.79. The van der Waals surface area contributed by atoms with Crippen LogP contribution in [0.15, 0.2) is 36.4 Å². The summed E-state index contributed by atoms with van der Waals surface area (Å²) >= 11 is 0. The topological polar surface area (TPSA) is 0 Å². The molecule has 0 nitrogen and oxygen atoms in total. The van der Waals surface area contributed by atoms with Crippen LogP contribution in [0.5, 0.6) is 0 Å². The van der Waals surface area contributed by atoms with Gasteiger partial charge in [-0.05, 0) is 55.7 Å².